The maximum atomic E-state index is 11.9. The van der Waals surface area contributed by atoms with Gasteiger partial charge in [-0.2, -0.15) is 0 Å². The fourth-order valence-corrected chi connectivity index (χ4v) is 2.14. The Morgan fingerprint density at radius 2 is 2.14 bits per heavy atom. The van der Waals surface area contributed by atoms with Gasteiger partial charge in [-0.25, -0.2) is 4.79 Å². The number of ether oxygens (including phenoxy) is 1. The van der Waals surface area contributed by atoms with E-state index in [1.54, 1.807) is 24.3 Å². The molecule has 22 heavy (non-hydrogen) atoms. The molecule has 2 rings (SSSR count). The molecule has 1 heterocycles. The van der Waals surface area contributed by atoms with Gasteiger partial charge in [0.2, 0.25) is 0 Å². The molecule has 1 aliphatic heterocycles. The van der Waals surface area contributed by atoms with E-state index in [-0.39, 0.29) is 11.4 Å². The van der Waals surface area contributed by atoms with Gasteiger partial charge in [0, 0.05) is 12.6 Å². The second kappa shape index (κ2) is 6.34. The molecular formula is C16H18N2O4. The maximum absolute atomic E-state index is 11.9. The molecule has 1 aromatic carbocycles. The molecule has 116 valence electrons. The lowest BCUT2D eigenvalue weighted by Gasteiger charge is -2.11. The van der Waals surface area contributed by atoms with Gasteiger partial charge in [-0.15, -0.1) is 6.58 Å². The van der Waals surface area contributed by atoms with Gasteiger partial charge in [0.1, 0.15) is 5.70 Å². The van der Waals surface area contributed by atoms with Crippen molar-refractivity contribution in [3.05, 3.63) is 41.6 Å². The van der Waals surface area contributed by atoms with Crippen LogP contribution in [0.4, 0.5) is 4.79 Å². The lowest BCUT2D eigenvalue weighted by atomic mass is 10.0. The number of carbonyl (C=O) groups is 2. The number of rotatable bonds is 5. The van der Waals surface area contributed by atoms with E-state index in [0.717, 1.165) is 4.90 Å². The van der Waals surface area contributed by atoms with E-state index in [4.69, 9.17) is 4.74 Å². The lowest BCUT2D eigenvalue weighted by Crippen LogP contribution is -2.25. The van der Waals surface area contributed by atoms with Crippen LogP contribution in [0.1, 0.15) is 18.1 Å². The van der Waals surface area contributed by atoms with E-state index < -0.39 is 11.9 Å². The molecule has 6 nitrogen and oxygen atoms in total. The van der Waals surface area contributed by atoms with E-state index in [1.165, 1.54) is 7.05 Å². The van der Waals surface area contributed by atoms with E-state index in [2.05, 4.69) is 11.9 Å². The molecule has 0 atom stereocenters. The van der Waals surface area contributed by atoms with Crippen molar-refractivity contribution < 1.29 is 19.4 Å². The molecule has 0 aliphatic carbocycles. The summed E-state index contributed by atoms with van der Waals surface area (Å²) in [6, 6.07) is 2.88. The Balaban J connectivity index is 2.44. The SMILES string of the molecule is C=CCc1cc(/C=C2/NC(=O)N(C)C2=O)cc(OCC)c1O. The van der Waals surface area contributed by atoms with E-state index in [1.807, 2.05) is 6.92 Å². The zero-order chi connectivity index (χ0) is 16.3. The third-order valence-corrected chi connectivity index (χ3v) is 3.23. The minimum Gasteiger partial charge on any atom is -0.504 e. The number of allylic oxidation sites excluding steroid dienone is 1. The van der Waals surface area contributed by atoms with Crippen LogP contribution in [0.2, 0.25) is 0 Å². The number of hydrogen-bond acceptors (Lipinski definition) is 4. The number of likely N-dealkylation sites (N-methyl/N-ethyl adjacent to an activating group) is 1. The summed E-state index contributed by atoms with van der Waals surface area (Å²) < 4.78 is 5.40. The molecule has 0 saturated carbocycles. The molecule has 2 N–H and O–H groups in total. The molecule has 0 aromatic heterocycles. The number of amides is 3. The second-order valence-electron chi connectivity index (χ2n) is 4.80. The Kier molecular flexibility index (Phi) is 4.50. The first-order chi connectivity index (χ1) is 10.5. The zero-order valence-corrected chi connectivity index (χ0v) is 12.5. The van der Waals surface area contributed by atoms with Crippen molar-refractivity contribution in [2.75, 3.05) is 13.7 Å². The third-order valence-electron chi connectivity index (χ3n) is 3.23. The minimum atomic E-state index is -0.466. The number of imide groups is 1. The topological polar surface area (TPSA) is 78.9 Å². The van der Waals surface area contributed by atoms with Crippen molar-refractivity contribution in [2.45, 2.75) is 13.3 Å². The summed E-state index contributed by atoms with van der Waals surface area (Å²) in [6.07, 6.45) is 3.68. The van der Waals surface area contributed by atoms with Crippen LogP contribution in [-0.2, 0) is 11.2 Å². The summed E-state index contributed by atoms with van der Waals surface area (Å²) in [5, 5.41) is 12.6. The molecule has 1 aliphatic rings. The van der Waals surface area contributed by atoms with Gasteiger partial charge >= 0.3 is 6.03 Å². The average Bonchev–Trinajstić information content (AvgIpc) is 2.72. The van der Waals surface area contributed by atoms with Crippen molar-refractivity contribution in [3.63, 3.8) is 0 Å². The van der Waals surface area contributed by atoms with Gasteiger partial charge in [0.05, 0.1) is 6.61 Å². The van der Waals surface area contributed by atoms with Gasteiger partial charge in [0.25, 0.3) is 5.91 Å². The Labute approximate surface area is 128 Å². The minimum absolute atomic E-state index is 0.0582. The van der Waals surface area contributed by atoms with Gasteiger partial charge in [-0.05, 0) is 37.1 Å². The van der Waals surface area contributed by atoms with Gasteiger partial charge in [-0.3, -0.25) is 9.69 Å². The largest absolute Gasteiger partial charge is 0.504 e. The number of aromatic hydroxyl groups is 1. The highest BCUT2D eigenvalue weighted by Crippen LogP contribution is 2.33. The number of benzene rings is 1. The monoisotopic (exact) mass is 302 g/mol. The van der Waals surface area contributed by atoms with E-state index >= 15 is 0 Å². The first-order valence-corrected chi connectivity index (χ1v) is 6.88. The number of carbonyl (C=O) groups excluding carboxylic acids is 2. The molecule has 0 radical (unpaired) electrons. The summed E-state index contributed by atoms with van der Waals surface area (Å²) in [5.74, 6) is -0.0112. The van der Waals surface area contributed by atoms with Crippen LogP contribution in [0.5, 0.6) is 11.5 Å². The molecule has 1 aromatic rings. The molecule has 0 spiro atoms. The van der Waals surface area contributed by atoms with Crippen LogP contribution >= 0.6 is 0 Å². The summed E-state index contributed by atoms with van der Waals surface area (Å²) in [6.45, 7) is 5.87. The van der Waals surface area contributed by atoms with Crippen molar-refractivity contribution in [1.82, 2.24) is 10.2 Å². The van der Waals surface area contributed by atoms with Crippen molar-refractivity contribution in [2.24, 2.45) is 0 Å². The second-order valence-corrected chi connectivity index (χ2v) is 4.80. The van der Waals surface area contributed by atoms with Crippen molar-refractivity contribution >= 4 is 18.0 Å². The van der Waals surface area contributed by atoms with E-state index in [0.29, 0.717) is 29.9 Å². The molecule has 1 fully saturated rings. The average molecular weight is 302 g/mol. The molecule has 1 saturated heterocycles. The van der Waals surface area contributed by atoms with Gasteiger partial charge in [0.15, 0.2) is 11.5 Å². The first-order valence-electron chi connectivity index (χ1n) is 6.88. The van der Waals surface area contributed by atoms with Crippen molar-refractivity contribution in [1.29, 1.82) is 0 Å². The number of nitrogens with one attached hydrogen (secondary N) is 1. The fourth-order valence-electron chi connectivity index (χ4n) is 2.14. The van der Waals surface area contributed by atoms with Crippen molar-refractivity contribution in [3.8, 4) is 11.5 Å². The number of urea groups is 1. The lowest BCUT2D eigenvalue weighted by molar-refractivity contribution is -0.121. The van der Waals surface area contributed by atoms with E-state index in [9.17, 15) is 14.7 Å². The predicted octanol–water partition coefficient (Wildman–Crippen LogP) is 2.04. The standard InChI is InChI=1S/C16H18N2O4/c1-4-6-11-7-10(9-13(14(11)19)22-5-2)8-12-15(20)18(3)16(21)17-12/h4,7-9,19H,1,5-6H2,2-3H3,(H,17,21)/b12-8+. The highest BCUT2D eigenvalue weighted by molar-refractivity contribution is 6.13. The fraction of sp³-hybridized carbons (Fsp3) is 0.250. The quantitative estimate of drug-likeness (QED) is 0.495. The highest BCUT2D eigenvalue weighted by Gasteiger charge is 2.30. The number of nitrogens with zero attached hydrogens (tertiary/aromatic N) is 1. The zero-order valence-electron chi connectivity index (χ0n) is 12.5. The van der Waals surface area contributed by atoms with Gasteiger partial charge < -0.3 is 15.2 Å². The smallest absolute Gasteiger partial charge is 0.328 e. The molecular weight excluding hydrogens is 284 g/mol. The summed E-state index contributed by atoms with van der Waals surface area (Å²) >= 11 is 0. The predicted molar refractivity (Wildman–Crippen MR) is 82.5 cm³/mol. The Bertz CT molecular complexity index is 664. The number of phenolic OH excluding ortho intramolecular Hbond substituents is 1. The molecule has 0 unspecified atom stereocenters. The normalized spacial score (nSPS) is 16.1. The molecule has 6 heteroatoms. The third kappa shape index (κ3) is 2.95. The maximum Gasteiger partial charge on any atom is 0.328 e. The van der Waals surface area contributed by atoms with Crippen LogP contribution < -0.4 is 10.1 Å². The Hall–Kier alpha value is -2.76. The highest BCUT2D eigenvalue weighted by atomic mass is 16.5. The Morgan fingerprint density at radius 1 is 1.41 bits per heavy atom. The summed E-state index contributed by atoms with van der Waals surface area (Å²) in [5.41, 5.74) is 1.47. The Morgan fingerprint density at radius 3 is 2.68 bits per heavy atom. The van der Waals surface area contributed by atoms with Gasteiger partial charge in [-0.1, -0.05) is 6.08 Å². The molecule has 3 amide bonds. The van der Waals surface area contributed by atoms with Crippen LogP contribution in [-0.4, -0.2) is 35.6 Å². The number of phenols is 1. The number of hydrogen-bond donors (Lipinski definition) is 2. The first kappa shape index (κ1) is 15.6. The summed E-state index contributed by atoms with van der Waals surface area (Å²) in [4.78, 5) is 24.3. The van der Waals surface area contributed by atoms with Crippen LogP contribution in [0.3, 0.4) is 0 Å². The van der Waals surface area contributed by atoms with Crippen LogP contribution in [0.25, 0.3) is 6.08 Å². The summed E-state index contributed by atoms with van der Waals surface area (Å²) in [7, 11) is 1.41. The van der Waals surface area contributed by atoms with Crippen LogP contribution in [0, 0.1) is 0 Å². The van der Waals surface area contributed by atoms with Crippen LogP contribution in [0.15, 0.2) is 30.5 Å². The molecule has 0 bridgehead atoms.